The van der Waals surface area contributed by atoms with E-state index in [4.69, 9.17) is 15.1 Å². The Balaban J connectivity index is 1.09. The molecule has 0 fully saturated rings. The second-order valence-electron chi connectivity index (χ2n) is 15.6. The molecule has 8 aromatic carbocycles. The summed E-state index contributed by atoms with van der Waals surface area (Å²) >= 11 is 0. The lowest BCUT2D eigenvalue weighted by Gasteiger charge is -2.15. The van der Waals surface area contributed by atoms with Crippen molar-refractivity contribution in [1.82, 2.24) is 24.1 Å². The Morgan fingerprint density at radius 3 is 1.53 bits per heavy atom. The van der Waals surface area contributed by atoms with E-state index in [1.165, 1.54) is 21.8 Å². The summed E-state index contributed by atoms with van der Waals surface area (Å²) in [6.07, 6.45) is 0. The van der Waals surface area contributed by atoms with Gasteiger partial charge in [-0.1, -0.05) is 188 Å². The molecule has 0 bridgehead atoms. The van der Waals surface area contributed by atoms with Crippen LogP contribution in [0.4, 0.5) is 0 Å². The predicted octanol–water partition coefficient (Wildman–Crippen LogP) is 14.4. The lowest BCUT2D eigenvalue weighted by Crippen LogP contribution is -1.99. The fourth-order valence-electron chi connectivity index (χ4n) is 9.11. The quantitative estimate of drug-likeness (QED) is 0.162. The molecule has 4 aromatic heterocycles. The highest BCUT2D eigenvalue weighted by Gasteiger charge is 2.23. The number of fused-ring (bicyclic) bond motifs is 6. The zero-order chi connectivity index (χ0) is 41.0. The van der Waals surface area contributed by atoms with Gasteiger partial charge in [0.1, 0.15) is 5.69 Å². The van der Waals surface area contributed by atoms with Gasteiger partial charge < -0.3 is 4.57 Å². The van der Waals surface area contributed by atoms with E-state index in [1.54, 1.807) is 0 Å². The number of para-hydroxylation sites is 2. The van der Waals surface area contributed by atoms with E-state index in [1.807, 2.05) is 18.2 Å². The molecule has 12 rings (SSSR count). The molecular weight excluding hydrogens is 755 g/mol. The van der Waals surface area contributed by atoms with Crippen LogP contribution in [-0.2, 0) is 0 Å². The van der Waals surface area contributed by atoms with E-state index >= 15 is 0 Å². The van der Waals surface area contributed by atoms with E-state index in [9.17, 15) is 0 Å². The van der Waals surface area contributed by atoms with Crippen LogP contribution in [0, 0.1) is 0 Å². The molecule has 0 aliphatic carbocycles. The molecule has 0 saturated heterocycles. The third-order valence-electron chi connectivity index (χ3n) is 12.0. The van der Waals surface area contributed by atoms with Crippen LogP contribution in [0.15, 0.2) is 224 Å². The van der Waals surface area contributed by atoms with Crippen LogP contribution in [0.2, 0.25) is 0 Å². The average molecular weight is 792 g/mol. The average Bonchev–Trinajstić information content (AvgIpc) is 3.92. The topological polar surface area (TPSA) is 48.0 Å². The number of hydrogen-bond donors (Lipinski definition) is 0. The van der Waals surface area contributed by atoms with Crippen molar-refractivity contribution in [2.24, 2.45) is 0 Å². The van der Waals surface area contributed by atoms with Gasteiger partial charge in [0.15, 0.2) is 5.82 Å². The van der Waals surface area contributed by atoms with Crippen LogP contribution in [0.3, 0.4) is 0 Å². The molecule has 0 amide bonds. The van der Waals surface area contributed by atoms with Crippen LogP contribution in [0.1, 0.15) is 0 Å². The lowest BCUT2D eigenvalue weighted by molar-refractivity contribution is 0.979. The van der Waals surface area contributed by atoms with Crippen molar-refractivity contribution in [3.05, 3.63) is 224 Å². The molecule has 0 radical (unpaired) electrons. The Bertz CT molecular complexity index is 3540. The van der Waals surface area contributed by atoms with Crippen LogP contribution >= 0.6 is 0 Å². The monoisotopic (exact) mass is 791 g/mol. The van der Waals surface area contributed by atoms with Gasteiger partial charge in [-0.3, -0.25) is 0 Å². The highest BCUT2D eigenvalue weighted by atomic mass is 15.2. The number of rotatable bonds is 7. The lowest BCUT2D eigenvalue weighted by atomic mass is 9.94. The maximum Gasteiger partial charge on any atom is 0.160 e. The Labute approximate surface area is 358 Å². The minimum absolute atomic E-state index is 0.673. The summed E-state index contributed by atoms with van der Waals surface area (Å²) in [5.41, 5.74) is 15.5. The molecule has 5 nitrogen and oxygen atoms in total. The van der Waals surface area contributed by atoms with E-state index in [0.717, 1.165) is 83.7 Å². The first-order valence-corrected chi connectivity index (χ1v) is 21.0. The molecule has 0 aliphatic rings. The molecule has 5 heteroatoms. The standard InChI is InChI=1S/C57H37N5/c1-5-18-39(19-6-1)53-36-48-44(28-17-29-47(48)56-54(40-20-7-2-8-21-40)55(60-62(53)56)41-22-9-3-10-23-41)50-37-49(58-57(59-50)42-24-11-4-12-25-42)38-32-34-43(35-33-38)61-51-30-15-13-26-45(51)46-27-14-16-31-52(46)61/h1-37H. The van der Waals surface area contributed by atoms with Crippen LogP contribution in [0.25, 0.3) is 111 Å². The van der Waals surface area contributed by atoms with Crippen molar-refractivity contribution in [2.45, 2.75) is 0 Å². The van der Waals surface area contributed by atoms with Crippen molar-refractivity contribution in [2.75, 3.05) is 0 Å². The highest BCUT2D eigenvalue weighted by Crippen LogP contribution is 2.43. The van der Waals surface area contributed by atoms with Gasteiger partial charge in [-0.05, 0) is 47.3 Å². The van der Waals surface area contributed by atoms with Gasteiger partial charge in [-0.2, -0.15) is 5.10 Å². The van der Waals surface area contributed by atoms with Crippen molar-refractivity contribution in [1.29, 1.82) is 0 Å². The first-order valence-electron chi connectivity index (χ1n) is 21.0. The molecule has 0 saturated carbocycles. The van der Waals surface area contributed by atoms with Crippen molar-refractivity contribution in [3.8, 4) is 73.2 Å². The third-order valence-corrected chi connectivity index (χ3v) is 12.0. The largest absolute Gasteiger partial charge is 0.309 e. The second-order valence-corrected chi connectivity index (χ2v) is 15.6. The summed E-state index contributed by atoms with van der Waals surface area (Å²) in [6, 6.07) is 79.0. The molecule has 12 aromatic rings. The number of aromatic nitrogens is 5. The minimum atomic E-state index is 0.673. The molecule has 62 heavy (non-hydrogen) atoms. The van der Waals surface area contributed by atoms with E-state index in [2.05, 4.69) is 215 Å². The van der Waals surface area contributed by atoms with Gasteiger partial charge in [0.2, 0.25) is 0 Å². The van der Waals surface area contributed by atoms with Gasteiger partial charge in [0, 0.05) is 55.2 Å². The Morgan fingerprint density at radius 1 is 0.355 bits per heavy atom. The van der Waals surface area contributed by atoms with Crippen molar-refractivity contribution in [3.63, 3.8) is 0 Å². The van der Waals surface area contributed by atoms with Gasteiger partial charge in [-0.25, -0.2) is 14.5 Å². The van der Waals surface area contributed by atoms with Gasteiger partial charge in [0.25, 0.3) is 0 Å². The molecule has 4 heterocycles. The van der Waals surface area contributed by atoms with E-state index < -0.39 is 0 Å². The number of benzene rings is 8. The summed E-state index contributed by atoms with van der Waals surface area (Å²) in [7, 11) is 0. The molecule has 0 atom stereocenters. The maximum absolute atomic E-state index is 5.44. The summed E-state index contributed by atoms with van der Waals surface area (Å²) in [5, 5.41) is 10.1. The van der Waals surface area contributed by atoms with Crippen LogP contribution in [-0.4, -0.2) is 24.1 Å². The van der Waals surface area contributed by atoms with Crippen LogP contribution in [0.5, 0.6) is 0 Å². The third kappa shape index (κ3) is 5.90. The molecule has 0 unspecified atom stereocenters. The maximum atomic E-state index is 5.44. The predicted molar refractivity (Wildman–Crippen MR) is 255 cm³/mol. The smallest absolute Gasteiger partial charge is 0.160 e. The molecule has 290 valence electrons. The summed E-state index contributed by atoms with van der Waals surface area (Å²) in [6.45, 7) is 0. The number of pyridine rings is 1. The molecule has 0 N–H and O–H groups in total. The van der Waals surface area contributed by atoms with E-state index in [-0.39, 0.29) is 0 Å². The van der Waals surface area contributed by atoms with Crippen molar-refractivity contribution >= 4 is 38.1 Å². The van der Waals surface area contributed by atoms with Crippen LogP contribution < -0.4 is 0 Å². The molecule has 0 spiro atoms. The van der Waals surface area contributed by atoms with Gasteiger partial charge in [0.05, 0.1) is 33.6 Å². The first kappa shape index (κ1) is 35.5. The Kier molecular flexibility index (Phi) is 8.42. The SMILES string of the molecule is c1ccc(-c2nc(-c3ccc(-n4c5ccccc5c5ccccc54)cc3)cc(-c3cccc4c3cc(-c3ccccc3)n3nc(-c5ccccc5)c(-c5ccccc5)c43)n2)cc1. The highest BCUT2D eigenvalue weighted by molar-refractivity contribution is 6.13. The number of nitrogens with zero attached hydrogens (tertiary/aromatic N) is 5. The zero-order valence-electron chi connectivity index (χ0n) is 33.6. The van der Waals surface area contributed by atoms with E-state index in [0.29, 0.717) is 5.82 Å². The summed E-state index contributed by atoms with van der Waals surface area (Å²) in [5.74, 6) is 0.673. The second kappa shape index (κ2) is 14.7. The first-order chi connectivity index (χ1) is 30.8. The van der Waals surface area contributed by atoms with Gasteiger partial charge in [-0.15, -0.1) is 0 Å². The van der Waals surface area contributed by atoms with Crippen molar-refractivity contribution < 1.29 is 0 Å². The number of hydrogen-bond acceptors (Lipinski definition) is 3. The summed E-state index contributed by atoms with van der Waals surface area (Å²) < 4.78 is 4.49. The molecular formula is C57H37N5. The Morgan fingerprint density at radius 2 is 0.887 bits per heavy atom. The fourth-order valence-corrected chi connectivity index (χ4v) is 9.11. The zero-order valence-corrected chi connectivity index (χ0v) is 33.6. The minimum Gasteiger partial charge on any atom is -0.309 e. The summed E-state index contributed by atoms with van der Waals surface area (Å²) in [4.78, 5) is 10.6. The normalized spacial score (nSPS) is 11.5. The van der Waals surface area contributed by atoms with Gasteiger partial charge >= 0.3 is 0 Å². The molecule has 0 aliphatic heterocycles. The fraction of sp³-hybridized carbons (Fsp3) is 0. The Hall–Kier alpha value is -8.41.